The summed E-state index contributed by atoms with van der Waals surface area (Å²) in [5.74, 6) is -0.00828. The molecule has 3 heteroatoms. The van der Waals surface area contributed by atoms with Gasteiger partial charge in [-0.25, -0.2) is 0 Å². The standard InChI is InChI=1S/C29H22OS2/c30-29(25-15-11-23(12-16-25)27(31)19-21-7-3-1-4-8-21)26-17-13-24(14-18-26)28(32)20-22-9-5-2-6-10-22/h1-18H,19-20H2. The van der Waals surface area contributed by atoms with E-state index in [1.54, 1.807) is 0 Å². The van der Waals surface area contributed by atoms with Gasteiger partial charge >= 0.3 is 0 Å². The van der Waals surface area contributed by atoms with Gasteiger partial charge < -0.3 is 0 Å². The summed E-state index contributed by atoms with van der Waals surface area (Å²) in [7, 11) is 0. The highest BCUT2D eigenvalue weighted by molar-refractivity contribution is 7.81. The van der Waals surface area contributed by atoms with Crippen molar-refractivity contribution >= 4 is 39.9 Å². The Morgan fingerprint density at radius 3 is 1.12 bits per heavy atom. The zero-order valence-electron chi connectivity index (χ0n) is 17.5. The normalized spacial score (nSPS) is 10.5. The van der Waals surface area contributed by atoms with E-state index >= 15 is 0 Å². The maximum absolute atomic E-state index is 12.9. The van der Waals surface area contributed by atoms with Crippen LogP contribution in [0.25, 0.3) is 0 Å². The lowest BCUT2D eigenvalue weighted by atomic mass is 9.97. The van der Waals surface area contributed by atoms with Gasteiger partial charge in [-0.15, -0.1) is 0 Å². The molecule has 0 heterocycles. The number of carbonyl (C=O) groups excluding carboxylic acids is 1. The molecule has 1 nitrogen and oxygen atoms in total. The Morgan fingerprint density at radius 1 is 0.469 bits per heavy atom. The molecule has 0 aromatic heterocycles. The Bertz CT molecular complexity index is 1130. The summed E-state index contributed by atoms with van der Waals surface area (Å²) >= 11 is 11.2. The van der Waals surface area contributed by atoms with Crippen molar-refractivity contribution < 1.29 is 4.79 Å². The van der Waals surface area contributed by atoms with Crippen LogP contribution in [-0.2, 0) is 12.8 Å². The number of rotatable bonds is 8. The fourth-order valence-electron chi connectivity index (χ4n) is 3.55. The van der Waals surface area contributed by atoms with Gasteiger partial charge in [-0.2, -0.15) is 0 Å². The van der Waals surface area contributed by atoms with Crippen molar-refractivity contribution in [1.82, 2.24) is 0 Å². The number of carbonyl (C=O) groups is 1. The molecule has 0 aliphatic rings. The van der Waals surface area contributed by atoms with Gasteiger partial charge in [0.2, 0.25) is 0 Å². The van der Waals surface area contributed by atoms with E-state index in [0.717, 1.165) is 20.9 Å². The fourth-order valence-corrected chi connectivity index (χ4v) is 4.15. The maximum Gasteiger partial charge on any atom is 0.193 e. The summed E-state index contributed by atoms with van der Waals surface area (Å²) in [4.78, 5) is 14.7. The van der Waals surface area contributed by atoms with Crippen molar-refractivity contribution in [2.75, 3.05) is 0 Å². The molecule has 0 atom stereocenters. The van der Waals surface area contributed by atoms with Crippen LogP contribution in [0.1, 0.15) is 38.2 Å². The number of thiocarbonyl (C=S) groups is 2. The van der Waals surface area contributed by atoms with Crippen molar-refractivity contribution in [1.29, 1.82) is 0 Å². The molecule has 0 bridgehead atoms. The number of hydrogen-bond donors (Lipinski definition) is 0. The van der Waals surface area contributed by atoms with Gasteiger partial charge in [0.05, 0.1) is 0 Å². The van der Waals surface area contributed by atoms with Crippen LogP contribution in [0, 0.1) is 0 Å². The molecule has 0 fully saturated rings. The molecule has 4 rings (SSSR count). The van der Waals surface area contributed by atoms with Crippen LogP contribution in [0.15, 0.2) is 109 Å². The second-order valence-electron chi connectivity index (χ2n) is 7.65. The summed E-state index contributed by atoms with van der Waals surface area (Å²) in [6, 6.07) is 35.5. The first kappa shape index (κ1) is 21.9. The molecule has 156 valence electrons. The molecule has 0 saturated carbocycles. The first-order chi connectivity index (χ1) is 15.6. The van der Waals surface area contributed by atoms with Gasteiger partial charge in [0, 0.05) is 33.7 Å². The summed E-state index contributed by atoms with van der Waals surface area (Å²) < 4.78 is 0. The predicted molar refractivity (Wildman–Crippen MR) is 140 cm³/mol. The zero-order valence-corrected chi connectivity index (χ0v) is 19.2. The van der Waals surface area contributed by atoms with E-state index in [1.165, 1.54) is 11.1 Å². The summed E-state index contributed by atoms with van der Waals surface area (Å²) in [5, 5.41) is 0. The molecule has 4 aromatic carbocycles. The minimum absolute atomic E-state index is 0.00828. The molecule has 4 aromatic rings. The molecule has 0 spiro atoms. The minimum atomic E-state index is -0.00828. The monoisotopic (exact) mass is 450 g/mol. The lowest BCUT2D eigenvalue weighted by Gasteiger charge is -2.08. The molecule has 0 unspecified atom stereocenters. The Balaban J connectivity index is 1.41. The Labute approximate surface area is 199 Å². The molecule has 0 amide bonds. The van der Waals surface area contributed by atoms with Crippen LogP contribution in [0.2, 0.25) is 0 Å². The van der Waals surface area contributed by atoms with Crippen molar-refractivity contribution in [2.24, 2.45) is 0 Å². The molecule has 0 saturated heterocycles. The van der Waals surface area contributed by atoms with E-state index in [-0.39, 0.29) is 5.78 Å². The minimum Gasteiger partial charge on any atom is -0.289 e. The highest BCUT2D eigenvalue weighted by Crippen LogP contribution is 2.16. The van der Waals surface area contributed by atoms with Gasteiger partial charge in [-0.3, -0.25) is 4.79 Å². The smallest absolute Gasteiger partial charge is 0.193 e. The van der Waals surface area contributed by atoms with Gasteiger partial charge in [-0.1, -0.05) is 134 Å². The lowest BCUT2D eigenvalue weighted by molar-refractivity contribution is 0.103. The van der Waals surface area contributed by atoms with Gasteiger partial charge in [0.15, 0.2) is 5.78 Å². The number of benzene rings is 4. The van der Waals surface area contributed by atoms with Crippen LogP contribution >= 0.6 is 24.4 Å². The highest BCUT2D eigenvalue weighted by atomic mass is 32.1. The quantitative estimate of drug-likeness (QED) is 0.216. The topological polar surface area (TPSA) is 17.1 Å². The Hall–Kier alpha value is -3.27. The van der Waals surface area contributed by atoms with Crippen LogP contribution in [-0.4, -0.2) is 15.5 Å². The maximum atomic E-state index is 12.9. The lowest BCUT2D eigenvalue weighted by Crippen LogP contribution is -2.06. The van der Waals surface area contributed by atoms with E-state index < -0.39 is 0 Å². The third kappa shape index (κ3) is 5.50. The van der Waals surface area contributed by atoms with Gasteiger partial charge in [-0.05, 0) is 22.3 Å². The molecular formula is C29H22OS2. The zero-order chi connectivity index (χ0) is 22.3. The fraction of sp³-hybridized carbons (Fsp3) is 0.0690. The Kier molecular flexibility index (Phi) is 7.10. The van der Waals surface area contributed by atoms with E-state index in [4.69, 9.17) is 24.4 Å². The summed E-state index contributed by atoms with van der Waals surface area (Å²) in [5.41, 5.74) is 5.61. The SMILES string of the molecule is O=C(c1ccc(C(=S)Cc2ccccc2)cc1)c1ccc(C(=S)Cc2ccccc2)cc1. The van der Waals surface area contributed by atoms with Crippen LogP contribution in [0.5, 0.6) is 0 Å². The third-order valence-electron chi connectivity index (χ3n) is 5.35. The van der Waals surface area contributed by atoms with Crippen LogP contribution in [0.4, 0.5) is 0 Å². The first-order valence-electron chi connectivity index (χ1n) is 10.5. The molecular weight excluding hydrogens is 428 g/mol. The summed E-state index contributed by atoms with van der Waals surface area (Å²) in [6.07, 6.45) is 1.43. The number of hydrogen-bond acceptors (Lipinski definition) is 3. The van der Waals surface area contributed by atoms with Crippen molar-refractivity contribution in [3.8, 4) is 0 Å². The van der Waals surface area contributed by atoms with E-state index in [0.29, 0.717) is 24.0 Å². The Morgan fingerprint density at radius 2 is 0.781 bits per heavy atom. The van der Waals surface area contributed by atoms with E-state index in [9.17, 15) is 4.79 Å². The van der Waals surface area contributed by atoms with Crippen LogP contribution in [0.3, 0.4) is 0 Å². The van der Waals surface area contributed by atoms with Gasteiger partial charge in [0.25, 0.3) is 0 Å². The molecule has 0 N–H and O–H groups in total. The van der Waals surface area contributed by atoms with Gasteiger partial charge in [0.1, 0.15) is 0 Å². The largest absolute Gasteiger partial charge is 0.289 e. The van der Waals surface area contributed by atoms with E-state index in [1.807, 2.05) is 84.9 Å². The second kappa shape index (κ2) is 10.4. The average molecular weight is 451 g/mol. The average Bonchev–Trinajstić information content (AvgIpc) is 2.85. The third-order valence-corrected chi connectivity index (χ3v) is 6.11. The van der Waals surface area contributed by atoms with Crippen LogP contribution < -0.4 is 0 Å². The molecule has 0 aliphatic carbocycles. The predicted octanol–water partition coefficient (Wildman–Crippen LogP) is 6.84. The van der Waals surface area contributed by atoms with E-state index in [2.05, 4.69) is 24.3 Å². The first-order valence-corrected chi connectivity index (χ1v) is 11.3. The highest BCUT2D eigenvalue weighted by Gasteiger charge is 2.11. The summed E-state index contributed by atoms with van der Waals surface area (Å²) in [6.45, 7) is 0. The van der Waals surface area contributed by atoms with Crippen molar-refractivity contribution in [2.45, 2.75) is 12.8 Å². The molecule has 0 radical (unpaired) electrons. The molecule has 0 aliphatic heterocycles. The number of ketones is 1. The second-order valence-corrected chi connectivity index (χ2v) is 8.64. The van der Waals surface area contributed by atoms with Crippen molar-refractivity contribution in [3.63, 3.8) is 0 Å². The van der Waals surface area contributed by atoms with Crippen molar-refractivity contribution in [3.05, 3.63) is 143 Å². The molecule has 32 heavy (non-hydrogen) atoms.